The zero-order chi connectivity index (χ0) is 55.4. The van der Waals surface area contributed by atoms with Crippen LogP contribution in [0.3, 0.4) is 0 Å². The van der Waals surface area contributed by atoms with E-state index in [-0.39, 0.29) is 89.9 Å². The Labute approximate surface area is 450 Å². The Morgan fingerprint density at radius 2 is 0.867 bits per heavy atom. The summed E-state index contributed by atoms with van der Waals surface area (Å²) in [7, 11) is 0. The number of ether oxygens (including phenoxy) is 8. The molecule has 1 heterocycles. The smallest absolute Gasteiger partial charge is 0.307 e. The van der Waals surface area contributed by atoms with Crippen molar-refractivity contribution in [2.45, 2.75) is 246 Å². The Morgan fingerprint density at radius 1 is 0.467 bits per heavy atom. The minimum atomic E-state index is -1.48. The Kier molecular flexibility index (Phi) is 41.0. The van der Waals surface area contributed by atoms with Gasteiger partial charge in [0, 0.05) is 70.1 Å². The number of hydrogen-bond acceptors (Lipinski definition) is 17. The molecule has 18 heteroatoms. The van der Waals surface area contributed by atoms with Crippen LogP contribution in [0.25, 0.3) is 0 Å². The predicted molar refractivity (Wildman–Crippen MR) is 284 cm³/mol. The molecule has 1 N–H and O–H groups in total. The fraction of sp³-hybridized carbons (Fsp3) is 0.860. The van der Waals surface area contributed by atoms with Gasteiger partial charge in [-0.15, -0.1) is 0 Å². The Balaban J connectivity index is 2.82. The van der Waals surface area contributed by atoms with Gasteiger partial charge in [0.25, 0.3) is 5.91 Å². The quantitative estimate of drug-likeness (QED) is 0.0340. The first-order valence-corrected chi connectivity index (χ1v) is 28.9. The van der Waals surface area contributed by atoms with Crippen molar-refractivity contribution in [2.75, 3.05) is 65.8 Å². The van der Waals surface area contributed by atoms with Crippen molar-refractivity contribution in [2.24, 2.45) is 5.41 Å². The van der Waals surface area contributed by atoms with Gasteiger partial charge in [0.15, 0.2) is 6.10 Å². The maximum atomic E-state index is 13.7. The summed E-state index contributed by atoms with van der Waals surface area (Å²) in [6, 6.07) is 0. The van der Waals surface area contributed by atoms with Gasteiger partial charge < -0.3 is 43.2 Å². The molecule has 1 amide bonds. The molecular weight excluding hydrogens is 969 g/mol. The van der Waals surface area contributed by atoms with Crippen LogP contribution in [0, 0.1) is 5.41 Å². The first-order chi connectivity index (χ1) is 36.1. The number of unbranched alkanes of at least 4 members (excludes halogenated alkanes) is 14. The van der Waals surface area contributed by atoms with Crippen LogP contribution in [0.5, 0.6) is 0 Å². The van der Waals surface area contributed by atoms with Crippen molar-refractivity contribution >= 4 is 47.7 Å². The summed E-state index contributed by atoms with van der Waals surface area (Å²) in [5, 5.41) is 2.64. The summed E-state index contributed by atoms with van der Waals surface area (Å²) in [4.78, 5) is 105. The van der Waals surface area contributed by atoms with Gasteiger partial charge in [0.1, 0.15) is 38.6 Å². The second kappa shape index (κ2) is 44.8. The number of nitrogens with zero attached hydrogens (tertiary/aromatic N) is 1. The van der Waals surface area contributed by atoms with Crippen molar-refractivity contribution in [1.82, 2.24) is 10.2 Å². The fourth-order valence-corrected chi connectivity index (χ4v) is 8.19. The first-order valence-electron chi connectivity index (χ1n) is 28.9. The molecule has 1 fully saturated rings. The third-order valence-corrected chi connectivity index (χ3v) is 12.9. The lowest BCUT2D eigenvalue weighted by atomic mass is 9.86. The van der Waals surface area contributed by atoms with E-state index in [9.17, 15) is 38.4 Å². The number of nitrogens with one attached hydrogen (secondary N) is 1. The largest absolute Gasteiger partial charge is 0.465 e. The average Bonchev–Trinajstić information content (AvgIpc) is 3.38. The number of rotatable bonds is 47. The van der Waals surface area contributed by atoms with Gasteiger partial charge in [-0.2, -0.15) is 0 Å². The topological polar surface area (TPSA) is 226 Å². The van der Waals surface area contributed by atoms with E-state index in [1.54, 1.807) is 13.8 Å². The SMILES string of the molecule is CCCCCCCC(=O)OC(CCCCCC)COC(=O)CCCC(=O)OCC(C)(C)[C@@H](OC(=O)CCCC(=O)OCC(CCCCCC)OC(=O)CCCCCCC)C(=O)NCCC(=O)OCCN1CCOCC1. The van der Waals surface area contributed by atoms with E-state index in [1.165, 1.54) is 0 Å². The molecule has 0 spiro atoms. The number of amides is 1. The molecule has 1 aliphatic heterocycles. The number of esters is 7. The normalized spacial score (nSPS) is 13.9. The van der Waals surface area contributed by atoms with E-state index in [0.717, 1.165) is 129 Å². The van der Waals surface area contributed by atoms with E-state index in [2.05, 4.69) is 37.9 Å². The number of hydrogen-bond donors (Lipinski definition) is 1. The minimum absolute atomic E-state index is 0.0445. The molecule has 0 aromatic rings. The van der Waals surface area contributed by atoms with E-state index < -0.39 is 59.5 Å². The minimum Gasteiger partial charge on any atom is -0.465 e. The molecule has 0 aromatic heterocycles. The molecule has 434 valence electrons. The van der Waals surface area contributed by atoms with Crippen molar-refractivity contribution in [1.29, 1.82) is 0 Å². The highest BCUT2D eigenvalue weighted by molar-refractivity contribution is 5.85. The van der Waals surface area contributed by atoms with Gasteiger partial charge >= 0.3 is 41.8 Å². The van der Waals surface area contributed by atoms with Crippen molar-refractivity contribution in [3.8, 4) is 0 Å². The van der Waals surface area contributed by atoms with Gasteiger partial charge in [-0.05, 0) is 51.4 Å². The first kappa shape index (κ1) is 68.7. The zero-order valence-corrected chi connectivity index (χ0v) is 47.3. The number of carbonyl (C=O) groups is 8. The van der Waals surface area contributed by atoms with Crippen LogP contribution in [0.4, 0.5) is 0 Å². The zero-order valence-electron chi connectivity index (χ0n) is 47.3. The summed E-state index contributed by atoms with van der Waals surface area (Å²) in [6.07, 6.45) is 16.5. The molecular formula is C57H100N2O16. The van der Waals surface area contributed by atoms with Crippen LogP contribution in [0.15, 0.2) is 0 Å². The third-order valence-electron chi connectivity index (χ3n) is 12.9. The average molecular weight is 1070 g/mol. The van der Waals surface area contributed by atoms with E-state index in [4.69, 9.17) is 37.9 Å². The predicted octanol–water partition coefficient (Wildman–Crippen LogP) is 9.76. The molecule has 0 radical (unpaired) electrons. The van der Waals surface area contributed by atoms with Gasteiger partial charge in [0.05, 0.1) is 19.6 Å². The highest BCUT2D eigenvalue weighted by atomic mass is 16.6. The van der Waals surface area contributed by atoms with Crippen LogP contribution >= 0.6 is 0 Å². The van der Waals surface area contributed by atoms with Crippen molar-refractivity contribution in [3.05, 3.63) is 0 Å². The number of morpholine rings is 1. The van der Waals surface area contributed by atoms with Crippen LogP contribution in [0.2, 0.25) is 0 Å². The monoisotopic (exact) mass is 1070 g/mol. The van der Waals surface area contributed by atoms with Gasteiger partial charge in [-0.1, -0.05) is 131 Å². The summed E-state index contributed by atoms with van der Waals surface area (Å²) < 4.78 is 44.3. The highest BCUT2D eigenvalue weighted by Crippen LogP contribution is 2.26. The molecule has 1 rings (SSSR count). The van der Waals surface area contributed by atoms with Crippen LogP contribution in [-0.2, 0) is 76.3 Å². The Hall–Kier alpha value is -4.32. The lowest BCUT2D eigenvalue weighted by molar-refractivity contribution is -0.169. The van der Waals surface area contributed by atoms with Gasteiger partial charge in [0.2, 0.25) is 0 Å². The molecule has 18 nitrogen and oxygen atoms in total. The summed E-state index contributed by atoms with van der Waals surface area (Å²) in [5.41, 5.74) is -1.27. The summed E-state index contributed by atoms with van der Waals surface area (Å²) in [5.74, 6) is -4.40. The Bertz CT molecular complexity index is 1580. The molecule has 75 heavy (non-hydrogen) atoms. The highest BCUT2D eigenvalue weighted by Gasteiger charge is 2.40. The number of carbonyl (C=O) groups excluding carboxylic acids is 8. The lowest BCUT2D eigenvalue weighted by Gasteiger charge is -2.32. The third kappa shape index (κ3) is 38.0. The van der Waals surface area contributed by atoms with Crippen molar-refractivity contribution < 1.29 is 76.3 Å². The maximum absolute atomic E-state index is 13.7. The fourth-order valence-electron chi connectivity index (χ4n) is 8.19. The second-order valence-corrected chi connectivity index (χ2v) is 20.6. The standard InChI is InChI=1S/C57H100N2O16/c1-7-11-15-19-23-29-52(64)73-46(27-21-17-13-9-3)43-70-48(60)31-25-33-50(62)72-45-57(5,6)55(56(67)58-36-35-51(63)69-42-39-59-37-40-68-41-38-59)75-54(66)34-26-32-49(61)71-44-47(28-22-18-14-10-4)74-53(65)30-24-20-16-12-8-2/h46-47,55H,7-45H2,1-6H3,(H,58,67)/t46?,47?,55-/m0/s1. The maximum Gasteiger partial charge on any atom is 0.307 e. The molecule has 0 bridgehead atoms. The molecule has 1 saturated heterocycles. The summed E-state index contributed by atoms with van der Waals surface area (Å²) in [6.45, 7) is 14.5. The van der Waals surface area contributed by atoms with E-state index >= 15 is 0 Å². The van der Waals surface area contributed by atoms with E-state index in [1.807, 2.05) is 0 Å². The van der Waals surface area contributed by atoms with Crippen molar-refractivity contribution in [3.63, 3.8) is 0 Å². The second-order valence-electron chi connectivity index (χ2n) is 20.6. The molecule has 0 saturated carbocycles. The van der Waals surface area contributed by atoms with Crippen LogP contribution in [-0.4, -0.2) is 137 Å². The molecule has 3 atom stereocenters. The van der Waals surface area contributed by atoms with Crippen LogP contribution < -0.4 is 5.32 Å². The lowest BCUT2D eigenvalue weighted by Crippen LogP contribution is -2.49. The summed E-state index contributed by atoms with van der Waals surface area (Å²) >= 11 is 0. The Morgan fingerprint density at radius 3 is 1.35 bits per heavy atom. The van der Waals surface area contributed by atoms with Gasteiger partial charge in [-0.3, -0.25) is 43.3 Å². The van der Waals surface area contributed by atoms with Crippen LogP contribution in [0.1, 0.15) is 228 Å². The molecule has 2 unspecified atom stereocenters. The van der Waals surface area contributed by atoms with Gasteiger partial charge in [-0.25, -0.2) is 0 Å². The molecule has 0 aromatic carbocycles. The molecule has 0 aliphatic carbocycles. The molecule has 1 aliphatic rings. The van der Waals surface area contributed by atoms with E-state index in [0.29, 0.717) is 45.4 Å².